The first kappa shape index (κ1) is 13.3. The summed E-state index contributed by atoms with van der Waals surface area (Å²) in [7, 11) is 0. The Morgan fingerprint density at radius 2 is 2.25 bits per heavy atom. The molecule has 4 heteroatoms. The van der Waals surface area contributed by atoms with E-state index in [0.717, 1.165) is 12.2 Å². The van der Waals surface area contributed by atoms with Crippen LogP contribution in [0.3, 0.4) is 0 Å². The Morgan fingerprint density at radius 1 is 1.50 bits per heavy atom. The molecular weight excluding hydrogens is 227 g/mol. The molecule has 90 valence electrons. The molecule has 1 N–H and O–H groups in total. The zero-order valence-corrected chi connectivity index (χ0v) is 10.4. The summed E-state index contributed by atoms with van der Waals surface area (Å²) in [5.41, 5.74) is 0.504. The SMILES string of the molecule is CSCCCOc1ccc(F)cc1C(C)O. The lowest BCUT2D eigenvalue weighted by molar-refractivity contribution is 0.190. The van der Waals surface area contributed by atoms with Crippen LogP contribution in [0.25, 0.3) is 0 Å². The molecule has 0 heterocycles. The van der Waals surface area contributed by atoms with Crippen LogP contribution < -0.4 is 4.74 Å². The van der Waals surface area contributed by atoms with Gasteiger partial charge in [-0.05, 0) is 43.6 Å². The molecule has 0 bridgehead atoms. The second-order valence-electron chi connectivity index (χ2n) is 3.55. The Balaban J connectivity index is 2.64. The molecule has 0 radical (unpaired) electrons. The predicted molar refractivity (Wildman–Crippen MR) is 65.5 cm³/mol. The highest BCUT2D eigenvalue weighted by Gasteiger charge is 2.10. The Morgan fingerprint density at radius 3 is 2.88 bits per heavy atom. The highest BCUT2D eigenvalue weighted by molar-refractivity contribution is 7.98. The van der Waals surface area contributed by atoms with Gasteiger partial charge in [-0.2, -0.15) is 11.8 Å². The first-order valence-corrected chi connectivity index (χ1v) is 6.63. The van der Waals surface area contributed by atoms with Gasteiger partial charge in [0, 0.05) is 5.56 Å². The largest absolute Gasteiger partial charge is 0.493 e. The third-order valence-electron chi connectivity index (χ3n) is 2.17. The molecule has 0 spiro atoms. The van der Waals surface area contributed by atoms with E-state index in [4.69, 9.17) is 4.74 Å². The molecule has 0 aliphatic heterocycles. The number of thioether (sulfide) groups is 1. The Labute approximate surface area is 99.8 Å². The van der Waals surface area contributed by atoms with Gasteiger partial charge in [0.25, 0.3) is 0 Å². The van der Waals surface area contributed by atoms with Gasteiger partial charge in [0.15, 0.2) is 0 Å². The third-order valence-corrected chi connectivity index (χ3v) is 2.87. The van der Waals surface area contributed by atoms with Crippen LogP contribution in [0.15, 0.2) is 18.2 Å². The molecule has 1 unspecified atom stereocenters. The minimum atomic E-state index is -0.716. The number of aliphatic hydroxyl groups is 1. The fourth-order valence-electron chi connectivity index (χ4n) is 1.36. The maximum atomic E-state index is 13.0. The molecule has 1 aromatic carbocycles. The summed E-state index contributed by atoms with van der Waals surface area (Å²) < 4.78 is 18.5. The lowest BCUT2D eigenvalue weighted by atomic mass is 10.1. The van der Waals surface area contributed by atoms with Gasteiger partial charge < -0.3 is 9.84 Å². The minimum absolute atomic E-state index is 0.354. The van der Waals surface area contributed by atoms with E-state index in [9.17, 15) is 9.50 Å². The van der Waals surface area contributed by atoms with Gasteiger partial charge in [-0.25, -0.2) is 4.39 Å². The van der Waals surface area contributed by atoms with Gasteiger partial charge >= 0.3 is 0 Å². The van der Waals surface area contributed by atoms with Crippen molar-refractivity contribution in [3.63, 3.8) is 0 Å². The van der Waals surface area contributed by atoms with Crippen molar-refractivity contribution in [3.05, 3.63) is 29.6 Å². The van der Waals surface area contributed by atoms with Crippen molar-refractivity contribution in [2.24, 2.45) is 0 Å². The van der Waals surface area contributed by atoms with Gasteiger partial charge in [-0.3, -0.25) is 0 Å². The quantitative estimate of drug-likeness (QED) is 0.780. The summed E-state index contributed by atoms with van der Waals surface area (Å²) in [6.07, 6.45) is 2.27. The van der Waals surface area contributed by atoms with Gasteiger partial charge in [0.1, 0.15) is 11.6 Å². The molecule has 0 aliphatic rings. The van der Waals surface area contributed by atoms with E-state index < -0.39 is 6.10 Å². The lowest BCUT2D eigenvalue weighted by Crippen LogP contribution is -2.03. The summed E-state index contributed by atoms with van der Waals surface area (Å²) in [5, 5.41) is 9.48. The smallest absolute Gasteiger partial charge is 0.125 e. The summed E-state index contributed by atoms with van der Waals surface area (Å²) >= 11 is 1.76. The molecule has 0 aromatic heterocycles. The third kappa shape index (κ3) is 4.02. The summed E-state index contributed by atoms with van der Waals surface area (Å²) in [4.78, 5) is 0. The molecule has 0 saturated heterocycles. The van der Waals surface area contributed by atoms with E-state index in [1.165, 1.54) is 12.1 Å². The monoisotopic (exact) mass is 244 g/mol. The van der Waals surface area contributed by atoms with Gasteiger partial charge in [-0.1, -0.05) is 0 Å². The number of halogens is 1. The number of hydrogen-bond acceptors (Lipinski definition) is 3. The zero-order valence-electron chi connectivity index (χ0n) is 9.57. The fourth-order valence-corrected chi connectivity index (χ4v) is 1.77. The number of benzene rings is 1. The molecule has 16 heavy (non-hydrogen) atoms. The maximum Gasteiger partial charge on any atom is 0.125 e. The summed E-state index contributed by atoms with van der Waals surface area (Å²) in [6, 6.07) is 4.22. The zero-order chi connectivity index (χ0) is 12.0. The van der Waals surface area contributed by atoms with Crippen LogP contribution in [0.1, 0.15) is 25.0 Å². The van der Waals surface area contributed by atoms with Gasteiger partial charge in [-0.15, -0.1) is 0 Å². The maximum absolute atomic E-state index is 13.0. The van der Waals surface area contributed by atoms with E-state index in [2.05, 4.69) is 0 Å². The highest BCUT2D eigenvalue weighted by Crippen LogP contribution is 2.26. The predicted octanol–water partition coefficient (Wildman–Crippen LogP) is 3.01. The van der Waals surface area contributed by atoms with E-state index in [1.54, 1.807) is 24.8 Å². The van der Waals surface area contributed by atoms with Gasteiger partial charge in [0.2, 0.25) is 0 Å². The highest BCUT2D eigenvalue weighted by atomic mass is 32.2. The van der Waals surface area contributed by atoms with E-state index >= 15 is 0 Å². The normalized spacial score (nSPS) is 12.5. The van der Waals surface area contributed by atoms with Crippen molar-refractivity contribution >= 4 is 11.8 Å². The Hall–Kier alpha value is -0.740. The minimum Gasteiger partial charge on any atom is -0.493 e. The fraction of sp³-hybridized carbons (Fsp3) is 0.500. The first-order valence-electron chi connectivity index (χ1n) is 5.24. The van der Waals surface area contributed by atoms with Crippen LogP contribution >= 0.6 is 11.8 Å². The molecule has 2 nitrogen and oxygen atoms in total. The lowest BCUT2D eigenvalue weighted by Gasteiger charge is -2.13. The topological polar surface area (TPSA) is 29.5 Å². The number of ether oxygens (including phenoxy) is 1. The second-order valence-corrected chi connectivity index (χ2v) is 4.54. The van der Waals surface area contributed by atoms with E-state index in [1.807, 2.05) is 6.26 Å². The number of hydrogen-bond donors (Lipinski definition) is 1. The number of aliphatic hydroxyl groups excluding tert-OH is 1. The van der Waals surface area contributed by atoms with Crippen molar-refractivity contribution < 1.29 is 14.2 Å². The average molecular weight is 244 g/mol. The average Bonchev–Trinajstić information content (AvgIpc) is 2.26. The molecule has 0 aliphatic carbocycles. The standard InChI is InChI=1S/C12H17FO2S/c1-9(14)11-8-10(13)4-5-12(11)15-6-3-7-16-2/h4-5,8-9,14H,3,6-7H2,1-2H3. The van der Waals surface area contributed by atoms with Crippen molar-refractivity contribution in [2.75, 3.05) is 18.6 Å². The van der Waals surface area contributed by atoms with Crippen LogP contribution in [0.5, 0.6) is 5.75 Å². The van der Waals surface area contributed by atoms with Crippen molar-refractivity contribution in [1.82, 2.24) is 0 Å². The summed E-state index contributed by atoms with van der Waals surface area (Å²) in [5.74, 6) is 1.25. The Bertz CT molecular complexity index is 329. The molecule has 0 saturated carbocycles. The summed E-state index contributed by atoms with van der Waals surface area (Å²) in [6.45, 7) is 2.19. The van der Waals surface area contributed by atoms with Crippen LogP contribution in [-0.2, 0) is 0 Å². The van der Waals surface area contributed by atoms with E-state index in [0.29, 0.717) is 17.9 Å². The molecular formula is C12H17FO2S. The first-order chi connectivity index (χ1) is 7.65. The van der Waals surface area contributed by atoms with Crippen molar-refractivity contribution in [3.8, 4) is 5.75 Å². The van der Waals surface area contributed by atoms with E-state index in [-0.39, 0.29) is 5.82 Å². The molecule has 0 amide bonds. The van der Waals surface area contributed by atoms with Crippen LogP contribution in [-0.4, -0.2) is 23.7 Å². The number of rotatable bonds is 6. The van der Waals surface area contributed by atoms with Crippen molar-refractivity contribution in [2.45, 2.75) is 19.4 Å². The van der Waals surface area contributed by atoms with Crippen LogP contribution in [0.4, 0.5) is 4.39 Å². The van der Waals surface area contributed by atoms with Crippen LogP contribution in [0, 0.1) is 5.82 Å². The Kier molecular flexibility index (Phi) is 5.63. The molecule has 1 rings (SSSR count). The molecule has 1 aromatic rings. The van der Waals surface area contributed by atoms with Gasteiger partial charge in [0.05, 0.1) is 12.7 Å². The van der Waals surface area contributed by atoms with Crippen molar-refractivity contribution in [1.29, 1.82) is 0 Å². The van der Waals surface area contributed by atoms with Crippen LogP contribution in [0.2, 0.25) is 0 Å². The molecule has 1 atom stereocenters. The molecule has 0 fully saturated rings. The second kappa shape index (κ2) is 6.76.